The van der Waals surface area contributed by atoms with Crippen molar-refractivity contribution in [1.82, 2.24) is 10.2 Å². The number of nitrogens with zero attached hydrogens (tertiary/aromatic N) is 1. The lowest BCUT2D eigenvalue weighted by atomic mass is 9.96. The van der Waals surface area contributed by atoms with E-state index < -0.39 is 0 Å². The molecule has 6 nitrogen and oxygen atoms in total. The third-order valence-electron chi connectivity index (χ3n) is 5.01. The van der Waals surface area contributed by atoms with Crippen LogP contribution in [0.1, 0.15) is 38.5 Å². The van der Waals surface area contributed by atoms with Gasteiger partial charge in [-0.1, -0.05) is 0 Å². The molecule has 3 rings (SSSR count). The minimum absolute atomic E-state index is 0. The molecule has 3 N–H and O–H groups in total. The third kappa shape index (κ3) is 4.81. The van der Waals surface area contributed by atoms with Gasteiger partial charge in [-0.05, 0) is 44.4 Å². The van der Waals surface area contributed by atoms with Gasteiger partial charge in [0.25, 0.3) is 5.91 Å². The van der Waals surface area contributed by atoms with E-state index in [9.17, 15) is 9.59 Å². The minimum atomic E-state index is -0.359. The fraction of sp³-hybridized carbons (Fsp3) is 0.875. The average Bonchev–Trinajstić information content (AvgIpc) is 3.26. The summed E-state index contributed by atoms with van der Waals surface area (Å²) in [7, 11) is 0. The molecule has 0 bridgehead atoms. The van der Waals surface area contributed by atoms with Crippen LogP contribution in [0.4, 0.5) is 0 Å². The number of hydrogen-bond acceptors (Lipinski definition) is 4. The molecule has 2 amide bonds. The lowest BCUT2D eigenvalue weighted by molar-refractivity contribution is -0.145. The van der Waals surface area contributed by atoms with E-state index in [-0.39, 0.29) is 42.3 Å². The SMILES string of the molecule is Cl.NC[C@H]1CC[C@@H](C(=O)N2CCCC(C(=O)NCC3CC3)C2)O1. The highest BCUT2D eigenvalue weighted by Crippen LogP contribution is 2.28. The van der Waals surface area contributed by atoms with E-state index in [4.69, 9.17) is 10.5 Å². The first-order valence-electron chi connectivity index (χ1n) is 8.59. The average molecular weight is 346 g/mol. The molecule has 2 heterocycles. The second-order valence-corrected chi connectivity index (χ2v) is 6.87. The van der Waals surface area contributed by atoms with Gasteiger partial charge in [-0.15, -0.1) is 12.4 Å². The number of piperidine rings is 1. The number of rotatable bonds is 5. The van der Waals surface area contributed by atoms with Gasteiger partial charge in [-0.3, -0.25) is 9.59 Å². The Kier molecular flexibility index (Phi) is 6.68. The lowest BCUT2D eigenvalue weighted by Crippen LogP contribution is -2.48. The summed E-state index contributed by atoms with van der Waals surface area (Å²) in [5.74, 6) is 0.765. The zero-order chi connectivity index (χ0) is 15.5. The van der Waals surface area contributed by atoms with E-state index in [1.54, 1.807) is 0 Å². The Labute approximate surface area is 143 Å². The van der Waals surface area contributed by atoms with Crippen LogP contribution >= 0.6 is 12.4 Å². The quantitative estimate of drug-likeness (QED) is 0.767. The van der Waals surface area contributed by atoms with E-state index in [0.717, 1.165) is 38.8 Å². The van der Waals surface area contributed by atoms with Gasteiger partial charge >= 0.3 is 0 Å². The molecule has 0 aromatic carbocycles. The second kappa shape index (κ2) is 8.31. The number of nitrogens with two attached hydrogens (primary N) is 1. The van der Waals surface area contributed by atoms with Crippen molar-refractivity contribution in [2.45, 2.75) is 50.7 Å². The van der Waals surface area contributed by atoms with Gasteiger partial charge < -0.3 is 20.7 Å². The van der Waals surface area contributed by atoms with Crippen molar-refractivity contribution in [3.05, 3.63) is 0 Å². The number of hydrogen-bond donors (Lipinski definition) is 2. The Hall–Kier alpha value is -0.850. The van der Waals surface area contributed by atoms with Gasteiger partial charge in [0.2, 0.25) is 5.91 Å². The molecule has 1 unspecified atom stereocenters. The molecule has 7 heteroatoms. The summed E-state index contributed by atoms with van der Waals surface area (Å²) in [5.41, 5.74) is 5.60. The molecule has 1 aliphatic carbocycles. The number of amides is 2. The number of carbonyl (C=O) groups is 2. The second-order valence-electron chi connectivity index (χ2n) is 6.87. The Balaban J connectivity index is 0.00000192. The summed E-state index contributed by atoms with van der Waals surface area (Å²) in [5, 5.41) is 3.03. The zero-order valence-corrected chi connectivity index (χ0v) is 14.4. The fourth-order valence-corrected chi connectivity index (χ4v) is 3.37. The maximum absolute atomic E-state index is 12.5. The molecule has 1 saturated carbocycles. The zero-order valence-electron chi connectivity index (χ0n) is 13.5. The Morgan fingerprint density at radius 1 is 1.17 bits per heavy atom. The van der Waals surface area contributed by atoms with Crippen LogP contribution in [-0.2, 0) is 14.3 Å². The first-order chi connectivity index (χ1) is 10.7. The Bertz CT molecular complexity index is 431. The molecule has 2 saturated heterocycles. The van der Waals surface area contributed by atoms with Crippen LogP contribution in [0.15, 0.2) is 0 Å². The van der Waals surface area contributed by atoms with Crippen molar-refractivity contribution in [3.8, 4) is 0 Å². The fourth-order valence-electron chi connectivity index (χ4n) is 3.37. The van der Waals surface area contributed by atoms with E-state index in [1.807, 2.05) is 4.90 Å². The number of carbonyl (C=O) groups excluding carboxylic acids is 2. The van der Waals surface area contributed by atoms with E-state index in [1.165, 1.54) is 12.8 Å². The topological polar surface area (TPSA) is 84.7 Å². The Morgan fingerprint density at radius 2 is 1.96 bits per heavy atom. The number of likely N-dealkylation sites (tertiary alicyclic amines) is 1. The largest absolute Gasteiger partial charge is 0.364 e. The monoisotopic (exact) mass is 345 g/mol. The molecule has 0 radical (unpaired) electrons. The number of ether oxygens (including phenoxy) is 1. The van der Waals surface area contributed by atoms with Crippen LogP contribution in [0.25, 0.3) is 0 Å². The molecule has 3 fully saturated rings. The van der Waals surface area contributed by atoms with Gasteiger partial charge in [0, 0.05) is 26.2 Å². The Morgan fingerprint density at radius 3 is 2.61 bits per heavy atom. The minimum Gasteiger partial charge on any atom is -0.364 e. The van der Waals surface area contributed by atoms with Crippen LogP contribution in [-0.4, -0.2) is 55.1 Å². The summed E-state index contributed by atoms with van der Waals surface area (Å²) < 4.78 is 5.69. The predicted octanol–water partition coefficient (Wildman–Crippen LogP) is 0.679. The van der Waals surface area contributed by atoms with Crippen LogP contribution < -0.4 is 11.1 Å². The molecule has 23 heavy (non-hydrogen) atoms. The highest BCUT2D eigenvalue weighted by molar-refractivity contribution is 5.85. The lowest BCUT2D eigenvalue weighted by Gasteiger charge is -2.33. The maximum Gasteiger partial charge on any atom is 0.251 e. The molecular weight excluding hydrogens is 318 g/mol. The van der Waals surface area contributed by atoms with E-state index >= 15 is 0 Å². The summed E-state index contributed by atoms with van der Waals surface area (Å²) >= 11 is 0. The smallest absolute Gasteiger partial charge is 0.251 e. The number of halogens is 1. The van der Waals surface area contributed by atoms with E-state index in [2.05, 4.69) is 5.32 Å². The number of nitrogens with one attached hydrogen (secondary N) is 1. The molecule has 0 aromatic rings. The summed E-state index contributed by atoms with van der Waals surface area (Å²) in [6, 6.07) is 0. The van der Waals surface area contributed by atoms with Crippen LogP contribution in [0.2, 0.25) is 0 Å². The predicted molar refractivity (Wildman–Crippen MR) is 89.2 cm³/mol. The maximum atomic E-state index is 12.5. The first-order valence-corrected chi connectivity index (χ1v) is 8.59. The van der Waals surface area contributed by atoms with E-state index in [0.29, 0.717) is 19.0 Å². The van der Waals surface area contributed by atoms with Crippen molar-refractivity contribution < 1.29 is 14.3 Å². The molecule has 132 valence electrons. The van der Waals surface area contributed by atoms with Gasteiger partial charge in [-0.2, -0.15) is 0 Å². The van der Waals surface area contributed by atoms with Crippen LogP contribution in [0.5, 0.6) is 0 Å². The van der Waals surface area contributed by atoms with Gasteiger partial charge in [0.15, 0.2) is 0 Å². The van der Waals surface area contributed by atoms with Crippen molar-refractivity contribution in [3.63, 3.8) is 0 Å². The normalized spacial score (nSPS) is 30.7. The summed E-state index contributed by atoms with van der Waals surface area (Å²) in [6.45, 7) is 2.53. The van der Waals surface area contributed by atoms with Crippen molar-refractivity contribution in [2.24, 2.45) is 17.6 Å². The van der Waals surface area contributed by atoms with Crippen molar-refractivity contribution in [2.75, 3.05) is 26.2 Å². The van der Waals surface area contributed by atoms with Crippen LogP contribution in [0.3, 0.4) is 0 Å². The molecule has 3 atom stereocenters. The molecule has 2 aliphatic heterocycles. The molecule has 3 aliphatic rings. The van der Waals surface area contributed by atoms with Crippen molar-refractivity contribution >= 4 is 24.2 Å². The summed E-state index contributed by atoms with van der Waals surface area (Å²) in [4.78, 5) is 26.6. The highest BCUT2D eigenvalue weighted by atomic mass is 35.5. The molecular formula is C16H28ClN3O3. The first kappa shape index (κ1) is 18.5. The van der Waals surface area contributed by atoms with Gasteiger partial charge in [0.1, 0.15) is 6.10 Å². The summed E-state index contributed by atoms with van der Waals surface area (Å²) in [6.07, 6.45) is 5.48. The standard InChI is InChI=1S/C16H27N3O3.ClH/c17-8-13-5-6-14(22-13)16(21)19-7-1-2-12(10-19)15(20)18-9-11-3-4-11;/h11-14H,1-10,17H2,(H,18,20);1H/t12?,13-,14+;/m1./s1. The highest BCUT2D eigenvalue weighted by Gasteiger charge is 2.36. The third-order valence-corrected chi connectivity index (χ3v) is 5.01. The molecule has 0 aromatic heterocycles. The van der Waals surface area contributed by atoms with Gasteiger partial charge in [-0.25, -0.2) is 0 Å². The van der Waals surface area contributed by atoms with Crippen LogP contribution in [0, 0.1) is 11.8 Å². The molecule has 0 spiro atoms. The van der Waals surface area contributed by atoms with Crippen molar-refractivity contribution in [1.29, 1.82) is 0 Å². The van der Waals surface area contributed by atoms with Gasteiger partial charge in [0.05, 0.1) is 12.0 Å².